The number of nitro benzene ring substituents is 1. The molecule has 1 N–H and O–H groups in total. The van der Waals surface area contributed by atoms with Gasteiger partial charge in [-0.15, -0.1) is 0 Å². The van der Waals surface area contributed by atoms with Crippen molar-refractivity contribution in [2.75, 3.05) is 13.6 Å². The molecule has 0 radical (unpaired) electrons. The monoisotopic (exact) mass is 409 g/mol. The second-order valence-electron chi connectivity index (χ2n) is 5.84. The first kappa shape index (κ1) is 20.7. The molecule has 0 unspecified atom stereocenters. The average Bonchev–Trinajstić information content (AvgIpc) is 2.64. The van der Waals surface area contributed by atoms with Crippen LogP contribution in [-0.2, 0) is 4.79 Å². The lowest BCUT2D eigenvalue weighted by molar-refractivity contribution is -0.384. The first-order valence-electron chi connectivity index (χ1n) is 7.94. The van der Waals surface area contributed by atoms with Gasteiger partial charge in [0.2, 0.25) is 5.91 Å². The Morgan fingerprint density at radius 1 is 1.22 bits per heavy atom. The van der Waals surface area contributed by atoms with Crippen LogP contribution in [0.25, 0.3) is 0 Å². The Kier molecular flexibility index (Phi) is 6.76. The molecule has 27 heavy (non-hydrogen) atoms. The van der Waals surface area contributed by atoms with Crippen LogP contribution in [0.5, 0.6) is 0 Å². The third kappa shape index (κ3) is 5.18. The molecule has 0 bridgehead atoms. The van der Waals surface area contributed by atoms with Gasteiger partial charge in [0.25, 0.3) is 11.6 Å². The molecule has 0 aliphatic carbocycles. The van der Waals surface area contributed by atoms with Crippen molar-refractivity contribution >= 4 is 40.7 Å². The lowest BCUT2D eigenvalue weighted by Gasteiger charge is -2.25. The minimum Gasteiger partial charge on any atom is -0.343 e. The molecular weight excluding hydrogens is 393 g/mol. The van der Waals surface area contributed by atoms with E-state index in [0.29, 0.717) is 10.6 Å². The van der Waals surface area contributed by atoms with Crippen LogP contribution in [0.15, 0.2) is 42.5 Å². The van der Waals surface area contributed by atoms with E-state index in [0.717, 1.165) is 0 Å². The van der Waals surface area contributed by atoms with Crippen LogP contribution in [0, 0.1) is 10.1 Å². The zero-order valence-corrected chi connectivity index (χ0v) is 16.1. The Balaban J connectivity index is 2.01. The topological polar surface area (TPSA) is 92.6 Å². The molecule has 0 saturated heterocycles. The highest BCUT2D eigenvalue weighted by molar-refractivity contribution is 6.36. The fourth-order valence-electron chi connectivity index (χ4n) is 2.39. The van der Waals surface area contributed by atoms with Crippen LogP contribution >= 0.6 is 23.2 Å². The van der Waals surface area contributed by atoms with Gasteiger partial charge in [-0.25, -0.2) is 0 Å². The van der Waals surface area contributed by atoms with E-state index in [2.05, 4.69) is 5.32 Å². The molecule has 7 nitrogen and oxygen atoms in total. The minimum absolute atomic E-state index is 0.0501. The van der Waals surface area contributed by atoms with Gasteiger partial charge in [-0.1, -0.05) is 35.3 Å². The lowest BCUT2D eigenvalue weighted by Crippen LogP contribution is -2.39. The zero-order valence-electron chi connectivity index (χ0n) is 14.6. The van der Waals surface area contributed by atoms with E-state index >= 15 is 0 Å². The Morgan fingerprint density at radius 3 is 2.56 bits per heavy atom. The average molecular weight is 410 g/mol. The summed E-state index contributed by atoms with van der Waals surface area (Å²) in [6.07, 6.45) is 0. The number of rotatable bonds is 6. The fraction of sp³-hybridized carbons (Fsp3) is 0.222. The highest BCUT2D eigenvalue weighted by atomic mass is 35.5. The Bertz CT molecular complexity index is 889. The number of hydrogen-bond donors (Lipinski definition) is 1. The number of nitrogens with one attached hydrogen (secondary N) is 1. The minimum atomic E-state index is -0.499. The number of carbonyl (C=O) groups is 2. The number of nitro groups is 1. The van der Waals surface area contributed by atoms with Crippen LogP contribution in [0.1, 0.15) is 28.9 Å². The quantitative estimate of drug-likeness (QED) is 0.578. The Labute approximate surface area is 166 Å². The first-order chi connectivity index (χ1) is 12.7. The molecule has 142 valence electrons. The highest BCUT2D eigenvalue weighted by Gasteiger charge is 2.20. The van der Waals surface area contributed by atoms with Crippen molar-refractivity contribution in [1.82, 2.24) is 10.2 Å². The van der Waals surface area contributed by atoms with E-state index in [1.54, 1.807) is 26.1 Å². The predicted molar refractivity (Wildman–Crippen MR) is 103 cm³/mol. The maximum atomic E-state index is 12.4. The summed E-state index contributed by atoms with van der Waals surface area (Å²) in [5.41, 5.74) is 0.779. The second-order valence-corrected chi connectivity index (χ2v) is 6.68. The van der Waals surface area contributed by atoms with Crippen molar-refractivity contribution in [1.29, 1.82) is 0 Å². The summed E-state index contributed by atoms with van der Waals surface area (Å²) in [6.45, 7) is 1.50. The molecule has 0 fully saturated rings. The lowest BCUT2D eigenvalue weighted by atomic mass is 10.1. The molecule has 2 amide bonds. The van der Waals surface area contributed by atoms with Gasteiger partial charge < -0.3 is 10.2 Å². The van der Waals surface area contributed by atoms with Gasteiger partial charge in [0.1, 0.15) is 0 Å². The molecule has 0 heterocycles. The standard InChI is InChI=1S/C18H17Cl2N3O4/c1-11(12-4-3-5-14(8-12)23(26)27)22(2)17(24)10-21-18(25)15-7-6-13(19)9-16(15)20/h3-9,11H,10H2,1-2H3,(H,21,25)/t11-/m1/s1. The van der Waals surface area contributed by atoms with E-state index in [1.165, 1.54) is 35.2 Å². The number of hydrogen-bond acceptors (Lipinski definition) is 4. The van der Waals surface area contributed by atoms with Crippen LogP contribution in [0.4, 0.5) is 5.69 Å². The smallest absolute Gasteiger partial charge is 0.269 e. The predicted octanol–water partition coefficient (Wildman–Crippen LogP) is 3.85. The van der Waals surface area contributed by atoms with Crippen molar-refractivity contribution < 1.29 is 14.5 Å². The molecule has 0 aromatic heterocycles. The molecule has 0 spiro atoms. The summed E-state index contributed by atoms with van der Waals surface area (Å²) < 4.78 is 0. The van der Waals surface area contributed by atoms with Gasteiger partial charge in [-0.3, -0.25) is 19.7 Å². The van der Waals surface area contributed by atoms with Crippen molar-refractivity contribution in [3.05, 3.63) is 73.8 Å². The summed E-state index contributed by atoms with van der Waals surface area (Å²) >= 11 is 11.8. The van der Waals surface area contributed by atoms with Crippen LogP contribution < -0.4 is 5.32 Å². The van der Waals surface area contributed by atoms with E-state index in [1.807, 2.05) is 0 Å². The van der Waals surface area contributed by atoms with E-state index < -0.39 is 16.9 Å². The summed E-state index contributed by atoms with van der Waals surface area (Å²) in [5, 5.41) is 14.0. The van der Waals surface area contributed by atoms with Crippen LogP contribution in [0.3, 0.4) is 0 Å². The van der Waals surface area contributed by atoms with E-state index in [9.17, 15) is 19.7 Å². The van der Waals surface area contributed by atoms with Crippen LogP contribution in [0.2, 0.25) is 10.0 Å². The Hall–Kier alpha value is -2.64. The maximum Gasteiger partial charge on any atom is 0.269 e. The Morgan fingerprint density at radius 2 is 1.93 bits per heavy atom. The normalized spacial score (nSPS) is 11.6. The van der Waals surface area contributed by atoms with Gasteiger partial charge in [0.05, 0.1) is 28.1 Å². The zero-order chi connectivity index (χ0) is 20.1. The van der Waals surface area contributed by atoms with Gasteiger partial charge in [0.15, 0.2) is 0 Å². The number of non-ortho nitro benzene ring substituents is 1. The second kappa shape index (κ2) is 8.83. The molecule has 2 aromatic rings. The van der Waals surface area contributed by atoms with Gasteiger partial charge in [-0.2, -0.15) is 0 Å². The largest absolute Gasteiger partial charge is 0.343 e. The molecule has 2 aromatic carbocycles. The molecule has 0 saturated carbocycles. The third-order valence-corrected chi connectivity index (χ3v) is 4.66. The summed E-state index contributed by atoms with van der Waals surface area (Å²) in [6, 6.07) is 10.1. The van der Waals surface area contributed by atoms with Gasteiger partial charge >= 0.3 is 0 Å². The summed E-state index contributed by atoms with van der Waals surface area (Å²) in [4.78, 5) is 36.4. The molecule has 2 rings (SSSR count). The molecule has 1 atom stereocenters. The summed E-state index contributed by atoms with van der Waals surface area (Å²) in [5.74, 6) is -0.853. The molecule has 0 aliphatic heterocycles. The molecule has 0 aliphatic rings. The molecule has 9 heteroatoms. The van der Waals surface area contributed by atoms with Crippen LogP contribution in [-0.4, -0.2) is 35.2 Å². The number of amides is 2. The van der Waals surface area contributed by atoms with E-state index in [-0.39, 0.29) is 28.7 Å². The number of nitrogens with zero attached hydrogens (tertiary/aromatic N) is 2. The van der Waals surface area contributed by atoms with Gasteiger partial charge in [-0.05, 0) is 30.7 Å². The van der Waals surface area contributed by atoms with Gasteiger partial charge in [0, 0.05) is 24.2 Å². The third-order valence-electron chi connectivity index (χ3n) is 4.11. The van der Waals surface area contributed by atoms with E-state index in [4.69, 9.17) is 23.2 Å². The number of halogens is 2. The van der Waals surface area contributed by atoms with Crippen molar-refractivity contribution in [2.45, 2.75) is 13.0 Å². The number of benzene rings is 2. The maximum absolute atomic E-state index is 12.4. The van der Waals surface area contributed by atoms with Crippen molar-refractivity contribution in [2.24, 2.45) is 0 Å². The van der Waals surface area contributed by atoms with Crippen molar-refractivity contribution in [3.8, 4) is 0 Å². The first-order valence-corrected chi connectivity index (χ1v) is 8.69. The fourth-order valence-corrected chi connectivity index (χ4v) is 2.88. The summed E-state index contributed by atoms with van der Waals surface area (Å²) in [7, 11) is 1.56. The SMILES string of the molecule is C[C@H](c1cccc([N+](=O)[O-])c1)N(C)C(=O)CNC(=O)c1ccc(Cl)cc1Cl. The highest BCUT2D eigenvalue weighted by Crippen LogP contribution is 2.23. The number of likely N-dealkylation sites (N-methyl/N-ethyl adjacent to an activating group) is 1. The molecular formula is C18H17Cl2N3O4. The number of carbonyl (C=O) groups excluding carboxylic acids is 2. The van der Waals surface area contributed by atoms with Crippen molar-refractivity contribution in [3.63, 3.8) is 0 Å².